The molecule has 2 N–H and O–H groups in total. The SMILES string of the molecule is CCNCC(C)S(=O)(=O)Nc1cc(F)ccc1Cl. The van der Waals surface area contributed by atoms with Crippen molar-refractivity contribution in [1.29, 1.82) is 0 Å². The first-order valence-electron chi connectivity index (χ1n) is 5.54. The molecule has 0 aliphatic rings. The molecule has 0 aliphatic carbocycles. The maximum Gasteiger partial charge on any atom is 0.236 e. The first-order chi connectivity index (χ1) is 8.36. The lowest BCUT2D eigenvalue weighted by Gasteiger charge is -2.15. The highest BCUT2D eigenvalue weighted by atomic mass is 35.5. The van der Waals surface area contributed by atoms with Crippen molar-refractivity contribution in [2.24, 2.45) is 0 Å². The fraction of sp³-hybridized carbons (Fsp3) is 0.455. The van der Waals surface area contributed by atoms with Crippen LogP contribution in [0.25, 0.3) is 0 Å². The number of sulfonamides is 1. The van der Waals surface area contributed by atoms with E-state index in [1.165, 1.54) is 12.1 Å². The molecule has 7 heteroatoms. The van der Waals surface area contributed by atoms with Gasteiger partial charge in [-0.3, -0.25) is 4.72 Å². The largest absolute Gasteiger partial charge is 0.316 e. The molecule has 0 bridgehead atoms. The molecule has 0 saturated heterocycles. The highest BCUT2D eigenvalue weighted by molar-refractivity contribution is 7.93. The molecule has 0 spiro atoms. The number of halogens is 2. The van der Waals surface area contributed by atoms with E-state index in [9.17, 15) is 12.8 Å². The number of anilines is 1. The van der Waals surface area contributed by atoms with E-state index in [-0.39, 0.29) is 10.7 Å². The van der Waals surface area contributed by atoms with Crippen LogP contribution in [0.1, 0.15) is 13.8 Å². The number of hydrogen-bond acceptors (Lipinski definition) is 3. The van der Waals surface area contributed by atoms with Crippen molar-refractivity contribution < 1.29 is 12.8 Å². The number of nitrogens with one attached hydrogen (secondary N) is 2. The quantitative estimate of drug-likeness (QED) is 0.846. The lowest BCUT2D eigenvalue weighted by atomic mass is 10.3. The smallest absolute Gasteiger partial charge is 0.236 e. The second-order valence-corrected chi connectivity index (χ2v) is 6.40. The minimum atomic E-state index is -3.59. The van der Waals surface area contributed by atoms with Gasteiger partial charge in [-0.25, -0.2) is 12.8 Å². The standard InChI is InChI=1S/C11H16ClFN2O2S/c1-3-14-7-8(2)18(16,17)15-11-6-9(13)4-5-10(11)12/h4-6,8,14-15H,3,7H2,1-2H3. The molecular formula is C11H16ClFN2O2S. The Morgan fingerprint density at radius 1 is 1.44 bits per heavy atom. The summed E-state index contributed by atoms with van der Waals surface area (Å²) in [5.74, 6) is -0.545. The summed E-state index contributed by atoms with van der Waals surface area (Å²) in [5, 5.41) is 2.46. The average molecular weight is 295 g/mol. The summed E-state index contributed by atoms with van der Waals surface area (Å²) in [6.07, 6.45) is 0. The lowest BCUT2D eigenvalue weighted by molar-refractivity contribution is 0.579. The molecule has 0 radical (unpaired) electrons. The summed E-state index contributed by atoms with van der Waals surface area (Å²) in [6.45, 7) is 4.45. The molecule has 18 heavy (non-hydrogen) atoms. The van der Waals surface area contributed by atoms with Gasteiger partial charge in [0.1, 0.15) is 5.82 Å². The van der Waals surface area contributed by atoms with E-state index in [1.807, 2.05) is 6.92 Å². The van der Waals surface area contributed by atoms with Gasteiger partial charge in [-0.1, -0.05) is 18.5 Å². The van der Waals surface area contributed by atoms with Crippen LogP contribution in [0.3, 0.4) is 0 Å². The van der Waals surface area contributed by atoms with Crippen LogP contribution in [0.5, 0.6) is 0 Å². The van der Waals surface area contributed by atoms with Gasteiger partial charge in [-0.05, 0) is 31.7 Å². The number of rotatable bonds is 6. The molecular weight excluding hydrogens is 279 g/mol. The van der Waals surface area contributed by atoms with Gasteiger partial charge in [-0.2, -0.15) is 0 Å². The normalized spacial score (nSPS) is 13.3. The van der Waals surface area contributed by atoms with Gasteiger partial charge in [0, 0.05) is 6.54 Å². The van der Waals surface area contributed by atoms with Gasteiger partial charge in [0.2, 0.25) is 10.0 Å². The molecule has 1 rings (SSSR count). The molecule has 4 nitrogen and oxygen atoms in total. The van der Waals surface area contributed by atoms with Crippen LogP contribution in [-0.2, 0) is 10.0 Å². The van der Waals surface area contributed by atoms with E-state index < -0.39 is 21.1 Å². The molecule has 1 aromatic rings. The predicted molar refractivity (Wildman–Crippen MR) is 72.0 cm³/mol. The first-order valence-corrected chi connectivity index (χ1v) is 7.46. The third kappa shape index (κ3) is 4.12. The molecule has 1 atom stereocenters. The van der Waals surface area contributed by atoms with Crippen molar-refractivity contribution >= 4 is 27.3 Å². The second-order valence-electron chi connectivity index (χ2n) is 3.89. The molecule has 0 aromatic heterocycles. The van der Waals surface area contributed by atoms with Crippen molar-refractivity contribution in [2.45, 2.75) is 19.1 Å². The maximum absolute atomic E-state index is 13.0. The van der Waals surface area contributed by atoms with Crippen molar-refractivity contribution in [3.8, 4) is 0 Å². The molecule has 0 aliphatic heterocycles. The van der Waals surface area contributed by atoms with Crippen LogP contribution < -0.4 is 10.0 Å². The van der Waals surface area contributed by atoms with Crippen LogP contribution in [0.15, 0.2) is 18.2 Å². The van der Waals surface area contributed by atoms with Gasteiger partial charge in [0.25, 0.3) is 0 Å². The van der Waals surface area contributed by atoms with Gasteiger partial charge < -0.3 is 5.32 Å². The van der Waals surface area contributed by atoms with Crippen LogP contribution in [0.2, 0.25) is 5.02 Å². The predicted octanol–water partition coefficient (Wildman–Crippen LogP) is 2.22. The minimum Gasteiger partial charge on any atom is -0.316 e. The lowest BCUT2D eigenvalue weighted by Crippen LogP contribution is -2.34. The van der Waals surface area contributed by atoms with Crippen LogP contribution in [-0.4, -0.2) is 26.8 Å². The van der Waals surface area contributed by atoms with Crippen molar-refractivity contribution in [2.75, 3.05) is 17.8 Å². The van der Waals surface area contributed by atoms with Gasteiger partial charge >= 0.3 is 0 Å². The van der Waals surface area contributed by atoms with E-state index in [2.05, 4.69) is 10.0 Å². The molecule has 0 heterocycles. The Morgan fingerprint density at radius 3 is 2.72 bits per heavy atom. The van der Waals surface area contributed by atoms with Gasteiger partial charge in [0.05, 0.1) is 16.0 Å². The van der Waals surface area contributed by atoms with Crippen molar-refractivity contribution in [3.05, 3.63) is 29.0 Å². The zero-order valence-electron chi connectivity index (χ0n) is 10.2. The molecule has 0 saturated carbocycles. The Kier molecular flexibility index (Phi) is 5.37. The summed E-state index contributed by atoms with van der Waals surface area (Å²) in [5.41, 5.74) is 0.0556. The minimum absolute atomic E-state index is 0.0556. The van der Waals surface area contributed by atoms with E-state index in [4.69, 9.17) is 11.6 Å². The Labute approximate surface area is 112 Å². The Bertz CT molecular complexity index is 508. The van der Waals surface area contributed by atoms with Crippen LogP contribution >= 0.6 is 11.6 Å². The van der Waals surface area contributed by atoms with E-state index in [0.29, 0.717) is 13.1 Å². The van der Waals surface area contributed by atoms with E-state index in [0.717, 1.165) is 6.07 Å². The number of benzene rings is 1. The van der Waals surface area contributed by atoms with Crippen molar-refractivity contribution in [3.63, 3.8) is 0 Å². The Hall–Kier alpha value is -0.850. The summed E-state index contributed by atoms with van der Waals surface area (Å²) >= 11 is 5.80. The topological polar surface area (TPSA) is 58.2 Å². The molecule has 0 amide bonds. The van der Waals surface area contributed by atoms with Crippen LogP contribution in [0, 0.1) is 5.82 Å². The third-order valence-corrected chi connectivity index (χ3v) is 4.45. The summed E-state index contributed by atoms with van der Waals surface area (Å²) in [6, 6.07) is 3.53. The average Bonchev–Trinajstić information content (AvgIpc) is 2.30. The highest BCUT2D eigenvalue weighted by Crippen LogP contribution is 2.24. The maximum atomic E-state index is 13.0. The molecule has 1 unspecified atom stereocenters. The summed E-state index contributed by atoms with van der Waals surface area (Å²) < 4.78 is 39.2. The second kappa shape index (κ2) is 6.36. The zero-order chi connectivity index (χ0) is 13.8. The fourth-order valence-electron chi connectivity index (χ4n) is 1.29. The Morgan fingerprint density at radius 2 is 2.11 bits per heavy atom. The summed E-state index contributed by atoms with van der Waals surface area (Å²) in [4.78, 5) is 0. The fourth-order valence-corrected chi connectivity index (χ4v) is 2.52. The van der Waals surface area contributed by atoms with Crippen molar-refractivity contribution in [1.82, 2.24) is 5.32 Å². The zero-order valence-corrected chi connectivity index (χ0v) is 11.8. The number of hydrogen-bond donors (Lipinski definition) is 2. The molecule has 0 fully saturated rings. The van der Waals surface area contributed by atoms with Crippen LogP contribution in [0.4, 0.5) is 10.1 Å². The Balaban J connectivity index is 2.85. The van der Waals surface area contributed by atoms with E-state index >= 15 is 0 Å². The third-order valence-electron chi connectivity index (χ3n) is 2.39. The molecule has 102 valence electrons. The first kappa shape index (κ1) is 15.2. The van der Waals surface area contributed by atoms with Gasteiger partial charge in [0.15, 0.2) is 0 Å². The monoisotopic (exact) mass is 294 g/mol. The molecule has 1 aromatic carbocycles. The summed E-state index contributed by atoms with van der Waals surface area (Å²) in [7, 11) is -3.59. The van der Waals surface area contributed by atoms with E-state index in [1.54, 1.807) is 6.92 Å². The van der Waals surface area contributed by atoms with Gasteiger partial charge in [-0.15, -0.1) is 0 Å². The highest BCUT2D eigenvalue weighted by Gasteiger charge is 2.21.